The van der Waals surface area contributed by atoms with Crippen molar-refractivity contribution in [1.29, 1.82) is 0 Å². The minimum atomic E-state index is -0.251. The largest absolute Gasteiger partial charge is 0.412 e. The summed E-state index contributed by atoms with van der Waals surface area (Å²) < 4.78 is 5.08. The highest BCUT2D eigenvalue weighted by Gasteiger charge is 2.25. The van der Waals surface area contributed by atoms with E-state index in [1.54, 1.807) is 0 Å². The summed E-state index contributed by atoms with van der Waals surface area (Å²) in [6.45, 7) is 1.95. The van der Waals surface area contributed by atoms with Crippen molar-refractivity contribution in [2.75, 3.05) is 0 Å². The van der Waals surface area contributed by atoms with Crippen LogP contribution in [0.15, 0.2) is 0 Å². The molecule has 0 N–H and O–H groups in total. The Kier molecular flexibility index (Phi) is 4.45. The Balaban J connectivity index is 3.71. The molecular weight excluding hydrogens is 320 g/mol. The quantitative estimate of drug-likeness (QED) is 0.552. The van der Waals surface area contributed by atoms with E-state index in [1.807, 2.05) is 6.92 Å². The molecule has 0 saturated heterocycles. The molecule has 0 radical (unpaired) electrons. The molecule has 0 bridgehead atoms. The number of hydrogen-bond acceptors (Lipinski definition) is 1. The van der Waals surface area contributed by atoms with Gasteiger partial charge in [-0.3, -0.25) is 0 Å². The van der Waals surface area contributed by atoms with Gasteiger partial charge in [0.25, 0.3) is 0 Å². The van der Waals surface area contributed by atoms with Gasteiger partial charge in [0.15, 0.2) is 0 Å². The lowest BCUT2D eigenvalue weighted by Crippen LogP contribution is -2.26. The van der Waals surface area contributed by atoms with Crippen LogP contribution < -0.4 is 0 Å². The van der Waals surface area contributed by atoms with Crippen LogP contribution in [-0.2, 0) is 4.43 Å². The van der Waals surface area contributed by atoms with Crippen LogP contribution >= 0.6 is 47.8 Å². The summed E-state index contributed by atoms with van der Waals surface area (Å²) in [4.78, 5) is 0. The van der Waals surface area contributed by atoms with Crippen molar-refractivity contribution in [3.05, 3.63) is 0 Å². The van der Waals surface area contributed by atoms with Gasteiger partial charge in [0.1, 0.15) is 18.7 Å². The van der Waals surface area contributed by atoms with Crippen molar-refractivity contribution >= 4 is 58.3 Å². The lowest BCUT2D eigenvalue weighted by atomic mass is 10.5. The fourth-order valence-electron chi connectivity index (χ4n) is 0.0891. The maximum Gasteiger partial charge on any atom is 0.148 e. The van der Waals surface area contributed by atoms with Crippen LogP contribution in [0.3, 0.4) is 0 Å². The molecule has 0 aromatic rings. The zero-order valence-corrected chi connectivity index (χ0v) is 11.4. The van der Waals surface area contributed by atoms with Gasteiger partial charge in [-0.1, -0.05) is 47.8 Å². The topological polar surface area (TPSA) is 9.23 Å². The Hall–Kier alpha value is 1.62. The third kappa shape index (κ3) is 2.96. The molecule has 0 amide bonds. The molecule has 1 unspecified atom stereocenters. The molecule has 0 aliphatic heterocycles. The van der Waals surface area contributed by atoms with Crippen LogP contribution in [0.25, 0.3) is 0 Å². The standard InChI is InChI=1S/C3H7Br3OSi/c1-3(6,7-8)2(4)5/h2H,1,8H3. The third-order valence-corrected chi connectivity index (χ3v) is 5.99. The Labute approximate surface area is 77.5 Å². The number of alkyl halides is 3. The second-order valence-electron chi connectivity index (χ2n) is 1.49. The molecule has 50 valence electrons. The molecule has 1 atom stereocenters. The summed E-state index contributed by atoms with van der Waals surface area (Å²) in [5.41, 5.74) is 0. The van der Waals surface area contributed by atoms with Gasteiger partial charge >= 0.3 is 0 Å². The molecule has 0 heterocycles. The van der Waals surface area contributed by atoms with Crippen LogP contribution in [0.1, 0.15) is 6.92 Å². The predicted molar refractivity (Wildman–Crippen MR) is 50.0 cm³/mol. The maximum atomic E-state index is 5.16. The van der Waals surface area contributed by atoms with Gasteiger partial charge in [0.05, 0.1) is 0 Å². The first-order chi connectivity index (χ1) is 3.50. The van der Waals surface area contributed by atoms with Crippen molar-refractivity contribution in [3.8, 4) is 0 Å². The Morgan fingerprint density at radius 1 is 1.62 bits per heavy atom. The van der Waals surface area contributed by atoms with Crippen molar-refractivity contribution in [3.63, 3.8) is 0 Å². The fraction of sp³-hybridized carbons (Fsp3) is 1.00. The van der Waals surface area contributed by atoms with Crippen LogP contribution in [-0.4, -0.2) is 18.7 Å². The van der Waals surface area contributed by atoms with E-state index in [2.05, 4.69) is 47.8 Å². The van der Waals surface area contributed by atoms with E-state index >= 15 is 0 Å². The number of hydrogen-bond donors (Lipinski definition) is 0. The average Bonchev–Trinajstić information content (AvgIpc) is 1.67. The summed E-state index contributed by atoms with van der Waals surface area (Å²) >= 11 is 10.0. The second-order valence-corrected chi connectivity index (χ2v) is 6.53. The third-order valence-electron chi connectivity index (χ3n) is 0.789. The number of rotatable bonds is 2. The van der Waals surface area contributed by atoms with E-state index in [4.69, 9.17) is 4.43 Å². The van der Waals surface area contributed by atoms with Crippen LogP contribution in [0, 0.1) is 0 Å². The van der Waals surface area contributed by atoms with Crippen molar-refractivity contribution < 1.29 is 4.43 Å². The monoisotopic (exact) mass is 324 g/mol. The first-order valence-electron chi connectivity index (χ1n) is 2.03. The first kappa shape index (κ1) is 9.62. The lowest BCUT2D eigenvalue weighted by Gasteiger charge is -2.22. The fourth-order valence-corrected chi connectivity index (χ4v) is 1.39. The highest BCUT2D eigenvalue weighted by Crippen LogP contribution is 2.31. The van der Waals surface area contributed by atoms with Gasteiger partial charge in [-0.05, 0) is 6.92 Å². The zero-order valence-electron chi connectivity index (χ0n) is 4.62. The van der Waals surface area contributed by atoms with E-state index in [0.29, 0.717) is 0 Å². The highest BCUT2D eigenvalue weighted by atomic mass is 79.9. The van der Waals surface area contributed by atoms with Gasteiger partial charge in [-0.15, -0.1) is 0 Å². The molecule has 0 rings (SSSR count). The molecule has 8 heavy (non-hydrogen) atoms. The molecule has 0 aromatic carbocycles. The minimum absolute atomic E-state index is 0.167. The Morgan fingerprint density at radius 3 is 2.00 bits per heavy atom. The molecule has 1 nitrogen and oxygen atoms in total. The van der Waals surface area contributed by atoms with E-state index in [1.165, 1.54) is 0 Å². The molecule has 0 aliphatic rings. The van der Waals surface area contributed by atoms with E-state index in [-0.39, 0.29) is 8.25 Å². The zero-order chi connectivity index (χ0) is 6.78. The Morgan fingerprint density at radius 2 is 2.00 bits per heavy atom. The highest BCUT2D eigenvalue weighted by molar-refractivity contribution is 9.25. The molecule has 0 aromatic heterocycles. The molecule has 0 spiro atoms. The summed E-state index contributed by atoms with van der Waals surface area (Å²) in [5.74, 6) is 0. The molecule has 0 aliphatic carbocycles. The first-order valence-corrected chi connectivity index (χ1v) is 5.47. The van der Waals surface area contributed by atoms with Crippen LogP contribution in [0.2, 0.25) is 0 Å². The van der Waals surface area contributed by atoms with Gasteiger partial charge < -0.3 is 4.43 Å². The maximum absolute atomic E-state index is 5.16. The summed E-state index contributed by atoms with van der Waals surface area (Å²) in [6.07, 6.45) is 0. The molecule has 0 fully saturated rings. The van der Waals surface area contributed by atoms with Crippen LogP contribution in [0.5, 0.6) is 0 Å². The van der Waals surface area contributed by atoms with Gasteiger partial charge in [0, 0.05) is 0 Å². The predicted octanol–water partition coefficient (Wildman–Crippen LogP) is 1.51. The van der Waals surface area contributed by atoms with Crippen molar-refractivity contribution in [1.82, 2.24) is 0 Å². The second kappa shape index (κ2) is 3.70. The van der Waals surface area contributed by atoms with Gasteiger partial charge in [-0.2, -0.15) is 0 Å². The van der Waals surface area contributed by atoms with Crippen molar-refractivity contribution in [2.24, 2.45) is 0 Å². The van der Waals surface area contributed by atoms with Gasteiger partial charge in [-0.25, -0.2) is 0 Å². The number of halogens is 3. The molecule has 0 saturated carbocycles. The van der Waals surface area contributed by atoms with E-state index in [0.717, 1.165) is 10.5 Å². The summed E-state index contributed by atoms with van der Waals surface area (Å²) in [6, 6.07) is 0. The minimum Gasteiger partial charge on any atom is -0.412 e. The van der Waals surface area contributed by atoms with Crippen LogP contribution in [0.4, 0.5) is 0 Å². The Bertz CT molecular complexity index is 74.9. The summed E-state index contributed by atoms with van der Waals surface area (Å²) in [7, 11) is 0.738. The average molecular weight is 327 g/mol. The van der Waals surface area contributed by atoms with E-state index in [9.17, 15) is 0 Å². The molecule has 5 heteroatoms. The normalized spacial score (nSPS) is 19.1. The van der Waals surface area contributed by atoms with Crippen molar-refractivity contribution in [2.45, 2.75) is 15.2 Å². The van der Waals surface area contributed by atoms with E-state index < -0.39 is 0 Å². The molecular formula is C3H7Br3OSi. The smallest absolute Gasteiger partial charge is 0.148 e. The summed E-state index contributed by atoms with van der Waals surface area (Å²) in [5, 5.41) is 0. The van der Waals surface area contributed by atoms with Gasteiger partial charge in [0.2, 0.25) is 0 Å². The lowest BCUT2D eigenvalue weighted by molar-refractivity contribution is 0.237. The SMILES string of the molecule is CC(Br)(O[SiH3])C(Br)Br.